The van der Waals surface area contributed by atoms with E-state index in [1.807, 2.05) is 44.2 Å². The smallest absolute Gasteiger partial charge is 0.342 e. The van der Waals surface area contributed by atoms with Gasteiger partial charge in [-0.15, -0.1) is 0 Å². The number of piperazine rings is 1. The van der Waals surface area contributed by atoms with Gasteiger partial charge in [0.1, 0.15) is 11.3 Å². The van der Waals surface area contributed by atoms with Crippen LogP contribution < -0.4 is 0 Å². The molecule has 2 heterocycles. The van der Waals surface area contributed by atoms with Gasteiger partial charge in [-0.05, 0) is 18.9 Å². The number of hydrogen-bond donors (Lipinski definition) is 0. The molecule has 1 aromatic heterocycles. The first-order valence-electron chi connectivity index (χ1n) is 12.5. The van der Waals surface area contributed by atoms with E-state index in [1.54, 1.807) is 16.7 Å². The molecule has 202 valence electrons. The number of carbonyl (C=O) groups excluding carboxylic acids is 3. The summed E-state index contributed by atoms with van der Waals surface area (Å²) in [4.78, 5) is 62.8. The number of nitrogens with zero attached hydrogens (tertiary/aromatic N) is 5. The molecule has 1 atom stereocenters. The Morgan fingerprint density at radius 1 is 1.03 bits per heavy atom. The Kier molecular flexibility index (Phi) is 7.99. The maximum atomic E-state index is 13.9. The molecule has 0 aliphatic carbocycles. The second kappa shape index (κ2) is 11.4. The van der Waals surface area contributed by atoms with Crippen molar-refractivity contribution in [2.75, 3.05) is 26.7 Å². The molecule has 3 aromatic rings. The van der Waals surface area contributed by atoms with Crippen molar-refractivity contribution in [1.82, 2.24) is 19.8 Å². The molecule has 1 unspecified atom stereocenters. The van der Waals surface area contributed by atoms with Gasteiger partial charge in [0.25, 0.3) is 17.5 Å². The van der Waals surface area contributed by atoms with Gasteiger partial charge in [-0.1, -0.05) is 50.2 Å². The number of non-ortho nitro benzene ring substituents is 1. The van der Waals surface area contributed by atoms with Gasteiger partial charge in [-0.25, -0.2) is 14.8 Å². The molecule has 0 spiro atoms. The van der Waals surface area contributed by atoms with E-state index in [0.29, 0.717) is 17.1 Å². The molecule has 2 amide bonds. The summed E-state index contributed by atoms with van der Waals surface area (Å²) in [6.07, 6.45) is 0. The van der Waals surface area contributed by atoms with Crippen LogP contribution in [0.25, 0.3) is 11.4 Å². The third-order valence-electron chi connectivity index (χ3n) is 6.59. The molecule has 11 heteroatoms. The lowest BCUT2D eigenvalue weighted by atomic mass is 10.00. The second-order valence-electron chi connectivity index (χ2n) is 9.57. The summed E-state index contributed by atoms with van der Waals surface area (Å²) in [6, 6.07) is 14.4. The SMILES string of the molecule is COC(=O)c1c(C(=O)N2CCN(C(=O)c3cccc([N+](=O)[O-])c3)C(C)C2)nc(-c2ccccc2)nc1C(C)C. The summed E-state index contributed by atoms with van der Waals surface area (Å²) in [5.41, 5.74) is 1.12. The number of rotatable bonds is 6. The van der Waals surface area contributed by atoms with Crippen LogP contribution >= 0.6 is 0 Å². The first kappa shape index (κ1) is 27.4. The van der Waals surface area contributed by atoms with E-state index >= 15 is 0 Å². The van der Waals surface area contributed by atoms with Gasteiger partial charge >= 0.3 is 5.97 Å². The fourth-order valence-corrected chi connectivity index (χ4v) is 4.58. The van der Waals surface area contributed by atoms with E-state index in [2.05, 4.69) is 9.97 Å². The number of nitro groups is 1. The number of benzene rings is 2. The summed E-state index contributed by atoms with van der Waals surface area (Å²) in [5.74, 6) is -1.40. The van der Waals surface area contributed by atoms with E-state index < -0.39 is 22.8 Å². The average molecular weight is 532 g/mol. The minimum atomic E-state index is -0.700. The highest BCUT2D eigenvalue weighted by Crippen LogP contribution is 2.27. The topological polar surface area (TPSA) is 136 Å². The summed E-state index contributed by atoms with van der Waals surface area (Å²) >= 11 is 0. The Morgan fingerprint density at radius 2 is 1.74 bits per heavy atom. The van der Waals surface area contributed by atoms with Crippen LogP contribution in [0.5, 0.6) is 0 Å². The Morgan fingerprint density at radius 3 is 2.36 bits per heavy atom. The molecular formula is C28H29N5O6. The number of ether oxygens (including phenoxy) is 1. The van der Waals surface area contributed by atoms with Gasteiger partial charge in [0, 0.05) is 48.9 Å². The van der Waals surface area contributed by atoms with E-state index in [9.17, 15) is 24.5 Å². The largest absolute Gasteiger partial charge is 0.465 e. The Labute approximate surface area is 225 Å². The molecule has 0 saturated carbocycles. The van der Waals surface area contributed by atoms with Crippen molar-refractivity contribution in [3.8, 4) is 11.4 Å². The molecule has 2 aromatic carbocycles. The van der Waals surface area contributed by atoms with Crippen LogP contribution in [0.2, 0.25) is 0 Å². The zero-order chi connectivity index (χ0) is 28.3. The van der Waals surface area contributed by atoms with Crippen LogP contribution in [0.1, 0.15) is 63.6 Å². The molecule has 1 aliphatic rings. The fourth-order valence-electron chi connectivity index (χ4n) is 4.58. The lowest BCUT2D eigenvalue weighted by Gasteiger charge is -2.40. The zero-order valence-corrected chi connectivity index (χ0v) is 22.2. The van der Waals surface area contributed by atoms with Gasteiger partial charge < -0.3 is 14.5 Å². The molecule has 0 bridgehead atoms. The molecular weight excluding hydrogens is 502 g/mol. The lowest BCUT2D eigenvalue weighted by Crippen LogP contribution is -2.55. The zero-order valence-electron chi connectivity index (χ0n) is 22.2. The fraction of sp³-hybridized carbons (Fsp3) is 0.321. The Balaban J connectivity index is 1.66. The van der Waals surface area contributed by atoms with Crippen LogP contribution in [-0.2, 0) is 4.74 Å². The highest BCUT2D eigenvalue weighted by atomic mass is 16.6. The van der Waals surface area contributed by atoms with Gasteiger partial charge in [-0.3, -0.25) is 19.7 Å². The first-order valence-corrected chi connectivity index (χ1v) is 12.5. The minimum Gasteiger partial charge on any atom is -0.465 e. The van der Waals surface area contributed by atoms with Crippen molar-refractivity contribution in [3.05, 3.63) is 87.2 Å². The molecule has 0 N–H and O–H groups in total. The quantitative estimate of drug-likeness (QED) is 0.265. The van der Waals surface area contributed by atoms with Crippen LogP contribution in [0, 0.1) is 10.1 Å². The van der Waals surface area contributed by atoms with E-state index in [0.717, 1.165) is 0 Å². The number of nitro benzene ring substituents is 1. The lowest BCUT2D eigenvalue weighted by molar-refractivity contribution is -0.384. The summed E-state index contributed by atoms with van der Waals surface area (Å²) < 4.78 is 5.01. The molecule has 1 fully saturated rings. The predicted molar refractivity (Wildman–Crippen MR) is 142 cm³/mol. The van der Waals surface area contributed by atoms with E-state index in [1.165, 1.54) is 31.4 Å². The van der Waals surface area contributed by atoms with Crippen molar-refractivity contribution in [3.63, 3.8) is 0 Å². The Bertz CT molecular complexity index is 1430. The average Bonchev–Trinajstić information content (AvgIpc) is 2.95. The van der Waals surface area contributed by atoms with Crippen LogP contribution in [0.4, 0.5) is 5.69 Å². The molecule has 1 aliphatic heterocycles. The van der Waals surface area contributed by atoms with E-state index in [4.69, 9.17) is 4.74 Å². The van der Waals surface area contributed by atoms with Crippen molar-refractivity contribution in [2.45, 2.75) is 32.7 Å². The normalized spacial score (nSPS) is 15.3. The van der Waals surface area contributed by atoms with Crippen molar-refractivity contribution < 1.29 is 24.0 Å². The number of esters is 1. The predicted octanol–water partition coefficient (Wildman–Crippen LogP) is 3.95. The highest BCUT2D eigenvalue weighted by molar-refractivity contribution is 6.05. The first-order chi connectivity index (χ1) is 18.6. The minimum absolute atomic E-state index is 0.0277. The van der Waals surface area contributed by atoms with Gasteiger partial charge in [0.2, 0.25) is 0 Å². The van der Waals surface area contributed by atoms with Gasteiger partial charge in [-0.2, -0.15) is 0 Å². The molecule has 39 heavy (non-hydrogen) atoms. The summed E-state index contributed by atoms with van der Waals surface area (Å²) in [5, 5.41) is 11.1. The molecule has 11 nitrogen and oxygen atoms in total. The van der Waals surface area contributed by atoms with Crippen molar-refractivity contribution >= 4 is 23.5 Å². The highest BCUT2D eigenvalue weighted by Gasteiger charge is 2.35. The maximum Gasteiger partial charge on any atom is 0.342 e. The number of amides is 2. The maximum absolute atomic E-state index is 13.9. The third kappa shape index (κ3) is 5.62. The van der Waals surface area contributed by atoms with Crippen LogP contribution in [0.15, 0.2) is 54.6 Å². The van der Waals surface area contributed by atoms with Crippen molar-refractivity contribution in [1.29, 1.82) is 0 Å². The van der Waals surface area contributed by atoms with E-state index in [-0.39, 0.29) is 54.0 Å². The second-order valence-corrected chi connectivity index (χ2v) is 9.57. The molecule has 1 saturated heterocycles. The summed E-state index contributed by atoms with van der Waals surface area (Å²) in [7, 11) is 1.24. The van der Waals surface area contributed by atoms with Gasteiger partial charge in [0.05, 0.1) is 17.7 Å². The molecule has 4 rings (SSSR count). The van der Waals surface area contributed by atoms with Crippen LogP contribution in [0.3, 0.4) is 0 Å². The van der Waals surface area contributed by atoms with Gasteiger partial charge in [0.15, 0.2) is 5.82 Å². The number of hydrogen-bond acceptors (Lipinski definition) is 8. The number of aromatic nitrogens is 2. The Hall–Kier alpha value is -4.67. The molecule has 0 radical (unpaired) electrons. The number of methoxy groups -OCH3 is 1. The standard InChI is InChI=1S/C28H29N5O6/c1-17(2)23-22(28(36)39-4)24(30-25(29-23)19-9-6-5-7-10-19)27(35)31-13-14-32(18(3)16-31)26(34)20-11-8-12-21(15-20)33(37)38/h5-12,15,17-18H,13-14,16H2,1-4H3. The summed E-state index contributed by atoms with van der Waals surface area (Å²) in [6.45, 7) is 6.12. The van der Waals surface area contributed by atoms with Crippen molar-refractivity contribution in [2.24, 2.45) is 0 Å². The van der Waals surface area contributed by atoms with Crippen LogP contribution in [-0.4, -0.2) is 75.3 Å². The monoisotopic (exact) mass is 531 g/mol. The third-order valence-corrected chi connectivity index (χ3v) is 6.59. The number of carbonyl (C=O) groups is 3.